The van der Waals surface area contributed by atoms with Gasteiger partial charge in [0.15, 0.2) is 5.65 Å². The molecule has 10 nitrogen and oxygen atoms in total. The molecule has 0 aliphatic rings. The molecule has 0 radical (unpaired) electrons. The molecule has 0 saturated heterocycles. The number of halogens is 1. The van der Waals surface area contributed by atoms with Crippen LogP contribution in [0.4, 0.5) is 5.82 Å². The summed E-state index contributed by atoms with van der Waals surface area (Å²) in [4.78, 5) is 28.1. The van der Waals surface area contributed by atoms with E-state index in [1.54, 1.807) is 39.6 Å². The number of phenols is 1. The molecule has 0 bridgehead atoms. The normalized spacial score (nSPS) is 11.3. The Morgan fingerprint density at radius 2 is 1.79 bits per heavy atom. The number of aromatic hydroxyl groups is 1. The monoisotopic (exact) mass is 646 g/mol. The molecule has 0 spiro atoms. The lowest BCUT2D eigenvalue weighted by atomic mass is 10.1. The van der Waals surface area contributed by atoms with E-state index in [0.29, 0.717) is 50.1 Å². The Labute approximate surface area is 277 Å². The first-order chi connectivity index (χ1) is 22.8. The Hall–Kier alpha value is -5.24. The predicted octanol–water partition coefficient (Wildman–Crippen LogP) is 5.76. The summed E-state index contributed by atoms with van der Waals surface area (Å²) in [5, 5.41) is 19.7. The van der Waals surface area contributed by atoms with Gasteiger partial charge in [-0.2, -0.15) is 5.10 Å². The number of phenolic OH excluding ortho intramolecular Hbond substituents is 1. The second kappa shape index (κ2) is 14.0. The highest BCUT2D eigenvalue weighted by atomic mass is 35.5. The molecular formula is C36H35ClN8O2. The first kappa shape index (κ1) is 31.7. The molecule has 238 valence electrons. The summed E-state index contributed by atoms with van der Waals surface area (Å²) in [6, 6.07) is 20.1. The van der Waals surface area contributed by atoms with E-state index in [1.807, 2.05) is 36.4 Å². The number of unbranched alkanes of at least 4 members (excludes halogenated alkanes) is 2. The number of nitrogens with one attached hydrogen (secondary N) is 1. The van der Waals surface area contributed by atoms with Crippen molar-refractivity contribution in [2.24, 2.45) is 0 Å². The van der Waals surface area contributed by atoms with E-state index < -0.39 is 0 Å². The van der Waals surface area contributed by atoms with Crippen LogP contribution >= 0.6 is 11.6 Å². The van der Waals surface area contributed by atoms with Gasteiger partial charge in [-0.25, -0.2) is 19.6 Å². The quantitative estimate of drug-likeness (QED) is 0.126. The summed E-state index contributed by atoms with van der Waals surface area (Å²) in [6.07, 6.45) is 4.11. The maximum absolute atomic E-state index is 14.4. The molecule has 6 rings (SSSR count). The highest BCUT2D eigenvalue weighted by molar-refractivity contribution is 6.31. The lowest BCUT2D eigenvalue weighted by Gasteiger charge is -2.15. The fourth-order valence-corrected chi connectivity index (χ4v) is 5.67. The number of nitrogens with two attached hydrogens (primary N) is 1. The minimum atomic E-state index is -0.222. The first-order valence-electron chi connectivity index (χ1n) is 15.5. The third-order valence-electron chi connectivity index (χ3n) is 7.84. The van der Waals surface area contributed by atoms with Gasteiger partial charge in [-0.1, -0.05) is 61.6 Å². The van der Waals surface area contributed by atoms with Gasteiger partial charge in [0.05, 0.1) is 22.8 Å². The molecule has 3 aromatic heterocycles. The standard InChI is InChI=1S/C36H35ClN8O2/c1-23(2)39-19-8-4-3-5-10-24-12-9-14-29-31(24)36(47)44(20-26-11-6-7-13-28(26)37)30(42-29)21-45-35-32(34(38)40-22-41-35)33(43-45)25-15-17-27(46)18-16-25/h6-7,9,11-18,22-23,39,46H,3-4,8,19-21H2,1-2H3,(H2,38,40,41). The Balaban J connectivity index is 1.44. The molecule has 3 heterocycles. The molecular weight excluding hydrogens is 612 g/mol. The summed E-state index contributed by atoms with van der Waals surface area (Å²) in [5.74, 6) is 7.36. The van der Waals surface area contributed by atoms with Gasteiger partial charge in [-0.15, -0.1) is 0 Å². The SMILES string of the molecule is CC(C)NCCCCC#Cc1cccc2nc(Cn3nc(-c4ccc(O)cc4)c4c(N)ncnc43)n(Cc3ccccc3Cl)c(=O)c12. The second-order valence-corrected chi connectivity index (χ2v) is 12.0. The van der Waals surface area contributed by atoms with E-state index in [1.165, 1.54) is 6.33 Å². The van der Waals surface area contributed by atoms with Crippen molar-refractivity contribution in [1.82, 2.24) is 34.6 Å². The lowest BCUT2D eigenvalue weighted by molar-refractivity contribution is 0.475. The Kier molecular flexibility index (Phi) is 9.47. The Morgan fingerprint density at radius 3 is 2.57 bits per heavy atom. The van der Waals surface area contributed by atoms with Crippen LogP contribution in [-0.4, -0.2) is 47.0 Å². The number of nitrogens with zero attached hydrogens (tertiary/aromatic N) is 6. The fraction of sp³-hybridized carbons (Fsp3) is 0.250. The molecule has 0 atom stereocenters. The van der Waals surface area contributed by atoms with Crippen molar-refractivity contribution in [3.8, 4) is 28.8 Å². The number of aromatic nitrogens is 6. The van der Waals surface area contributed by atoms with Crippen LogP contribution in [0.15, 0.2) is 77.9 Å². The van der Waals surface area contributed by atoms with Gasteiger partial charge in [0.25, 0.3) is 5.56 Å². The van der Waals surface area contributed by atoms with E-state index in [9.17, 15) is 9.90 Å². The number of benzene rings is 3. The van der Waals surface area contributed by atoms with Crippen LogP contribution in [0.5, 0.6) is 5.75 Å². The number of hydrogen-bond donors (Lipinski definition) is 3. The highest BCUT2D eigenvalue weighted by Crippen LogP contribution is 2.31. The van der Waals surface area contributed by atoms with E-state index >= 15 is 0 Å². The number of rotatable bonds is 10. The highest BCUT2D eigenvalue weighted by Gasteiger charge is 2.21. The van der Waals surface area contributed by atoms with E-state index in [2.05, 4.69) is 41.0 Å². The van der Waals surface area contributed by atoms with Gasteiger partial charge >= 0.3 is 0 Å². The summed E-state index contributed by atoms with van der Waals surface area (Å²) >= 11 is 6.58. The van der Waals surface area contributed by atoms with Crippen molar-refractivity contribution >= 4 is 39.4 Å². The minimum Gasteiger partial charge on any atom is -0.508 e. The number of fused-ring (bicyclic) bond motifs is 2. The van der Waals surface area contributed by atoms with Gasteiger partial charge in [-0.3, -0.25) is 9.36 Å². The van der Waals surface area contributed by atoms with Crippen molar-refractivity contribution < 1.29 is 5.11 Å². The molecule has 0 unspecified atom stereocenters. The maximum atomic E-state index is 14.4. The van der Waals surface area contributed by atoms with E-state index in [-0.39, 0.29) is 30.2 Å². The van der Waals surface area contributed by atoms with Crippen molar-refractivity contribution in [2.75, 3.05) is 12.3 Å². The first-order valence-corrected chi connectivity index (χ1v) is 15.9. The fourth-order valence-electron chi connectivity index (χ4n) is 5.48. The summed E-state index contributed by atoms with van der Waals surface area (Å²) in [5.41, 5.74) is 9.83. The van der Waals surface area contributed by atoms with Crippen LogP contribution < -0.4 is 16.6 Å². The summed E-state index contributed by atoms with van der Waals surface area (Å²) in [7, 11) is 0. The van der Waals surface area contributed by atoms with Crippen LogP contribution in [-0.2, 0) is 13.1 Å². The smallest absolute Gasteiger partial charge is 0.263 e. The topological polar surface area (TPSA) is 137 Å². The largest absolute Gasteiger partial charge is 0.508 e. The summed E-state index contributed by atoms with van der Waals surface area (Å²) in [6.45, 7) is 5.53. The second-order valence-electron chi connectivity index (χ2n) is 11.6. The van der Waals surface area contributed by atoms with Gasteiger partial charge in [0.1, 0.15) is 36.0 Å². The van der Waals surface area contributed by atoms with Crippen molar-refractivity contribution in [1.29, 1.82) is 0 Å². The zero-order valence-electron chi connectivity index (χ0n) is 26.2. The molecule has 11 heteroatoms. The molecule has 0 saturated carbocycles. The molecule has 0 fully saturated rings. The molecule has 0 aliphatic carbocycles. The molecule has 4 N–H and O–H groups in total. The molecule has 6 aromatic rings. The van der Waals surface area contributed by atoms with Crippen molar-refractivity contribution in [3.05, 3.63) is 105 Å². The van der Waals surface area contributed by atoms with Crippen LogP contribution in [0.2, 0.25) is 5.02 Å². The van der Waals surface area contributed by atoms with Crippen molar-refractivity contribution in [2.45, 2.75) is 52.2 Å². The Bertz CT molecular complexity index is 2180. The number of nitrogen functional groups attached to an aromatic ring is 1. The summed E-state index contributed by atoms with van der Waals surface area (Å²) < 4.78 is 3.30. The average Bonchev–Trinajstić information content (AvgIpc) is 3.42. The molecule has 3 aromatic carbocycles. The van der Waals surface area contributed by atoms with Crippen LogP contribution in [0.3, 0.4) is 0 Å². The third kappa shape index (κ3) is 6.97. The van der Waals surface area contributed by atoms with Crippen molar-refractivity contribution in [3.63, 3.8) is 0 Å². The van der Waals surface area contributed by atoms with Gasteiger partial charge in [0.2, 0.25) is 0 Å². The third-order valence-corrected chi connectivity index (χ3v) is 8.21. The van der Waals surface area contributed by atoms with E-state index in [0.717, 1.165) is 36.9 Å². The lowest BCUT2D eigenvalue weighted by Crippen LogP contribution is -2.28. The zero-order chi connectivity index (χ0) is 32.9. The van der Waals surface area contributed by atoms with E-state index in [4.69, 9.17) is 27.4 Å². The molecule has 0 aliphatic heterocycles. The van der Waals surface area contributed by atoms with Crippen LogP contribution in [0.25, 0.3) is 33.2 Å². The van der Waals surface area contributed by atoms with Crippen LogP contribution in [0.1, 0.15) is 50.1 Å². The van der Waals surface area contributed by atoms with Gasteiger partial charge in [-0.05, 0) is 67.4 Å². The van der Waals surface area contributed by atoms with Gasteiger partial charge in [0, 0.05) is 28.6 Å². The van der Waals surface area contributed by atoms with Gasteiger partial charge < -0.3 is 16.2 Å². The predicted molar refractivity (Wildman–Crippen MR) is 186 cm³/mol. The maximum Gasteiger partial charge on any atom is 0.263 e. The zero-order valence-corrected chi connectivity index (χ0v) is 27.0. The molecule has 47 heavy (non-hydrogen) atoms. The average molecular weight is 647 g/mol. The number of anilines is 1. The minimum absolute atomic E-state index is 0.112. The van der Waals surface area contributed by atoms with Crippen LogP contribution in [0, 0.1) is 11.8 Å². The Morgan fingerprint density at radius 1 is 0.979 bits per heavy atom. The number of hydrogen-bond acceptors (Lipinski definition) is 8. The molecule has 0 amide bonds.